The Kier molecular flexibility index (Phi) is 11.3. The lowest BCUT2D eigenvalue weighted by molar-refractivity contribution is -0.116. The van der Waals surface area contributed by atoms with Gasteiger partial charge >= 0.3 is 5.97 Å². The molecule has 0 bridgehead atoms. The maximum absolute atomic E-state index is 13.5. The highest BCUT2D eigenvalue weighted by molar-refractivity contribution is 8.00. The Morgan fingerprint density at radius 1 is 0.778 bits per heavy atom. The van der Waals surface area contributed by atoms with Crippen molar-refractivity contribution in [3.8, 4) is 0 Å². The monoisotopic (exact) mass is 621 g/mol. The van der Waals surface area contributed by atoms with Gasteiger partial charge in [0.15, 0.2) is 0 Å². The summed E-state index contributed by atoms with van der Waals surface area (Å²) < 4.78 is 0. The van der Waals surface area contributed by atoms with E-state index in [-0.39, 0.29) is 17.2 Å². The first-order valence-corrected chi connectivity index (χ1v) is 15.4. The lowest BCUT2D eigenvalue weighted by atomic mass is 10.0. The molecular formula is C36H35N3O5S. The van der Waals surface area contributed by atoms with Gasteiger partial charge in [0.1, 0.15) is 5.70 Å². The van der Waals surface area contributed by atoms with Crippen molar-refractivity contribution in [1.82, 2.24) is 5.32 Å². The maximum atomic E-state index is 13.5. The topological polar surface area (TPSA) is 125 Å². The average Bonchev–Trinajstić information content (AvgIpc) is 3.04. The fourth-order valence-electron chi connectivity index (χ4n) is 4.34. The molecule has 8 nitrogen and oxygen atoms in total. The molecule has 0 heterocycles. The molecule has 3 amide bonds. The number of anilines is 2. The molecule has 1 atom stereocenters. The lowest BCUT2D eigenvalue weighted by Gasteiger charge is -2.16. The van der Waals surface area contributed by atoms with Crippen molar-refractivity contribution in [3.05, 3.63) is 131 Å². The summed E-state index contributed by atoms with van der Waals surface area (Å²) in [7, 11) is 0. The van der Waals surface area contributed by atoms with Gasteiger partial charge in [0.05, 0.1) is 10.8 Å². The van der Waals surface area contributed by atoms with Crippen molar-refractivity contribution in [2.45, 2.75) is 43.3 Å². The molecule has 4 aromatic rings. The zero-order chi connectivity index (χ0) is 32.3. The quantitative estimate of drug-likeness (QED) is 0.0964. The second-order valence-corrected chi connectivity index (χ2v) is 11.8. The van der Waals surface area contributed by atoms with E-state index in [0.29, 0.717) is 29.3 Å². The average molecular weight is 622 g/mol. The predicted molar refractivity (Wildman–Crippen MR) is 179 cm³/mol. The van der Waals surface area contributed by atoms with Crippen LogP contribution < -0.4 is 16.0 Å². The fourth-order valence-corrected chi connectivity index (χ4v) is 5.35. The normalized spacial score (nSPS) is 11.9. The number of carboxylic acid groups (broad SMARTS) is 1. The Labute approximate surface area is 267 Å². The fraction of sp³-hybridized carbons (Fsp3) is 0.167. The Bertz CT molecular complexity index is 1680. The Hall–Kier alpha value is -5.15. The standard InChI is InChI=1S/C36H35N3O5S/c1-4-32(35(42)37-28-19-17-27(18-20-28)36(43)44)45-30-12-8-11-29(22-30)38-34(41)31(39-33(40)26-9-6-5-7-10-26)21-24-13-15-25(16-14-24)23(2)3/h5-23,32H,4H2,1-3H3,(H,37,42)(H,38,41)(H,39,40)(H,43,44)/b31-21+. The van der Waals surface area contributed by atoms with E-state index in [4.69, 9.17) is 5.11 Å². The highest BCUT2D eigenvalue weighted by atomic mass is 32.2. The van der Waals surface area contributed by atoms with Crippen LogP contribution in [0.15, 0.2) is 114 Å². The molecular weight excluding hydrogens is 586 g/mol. The molecule has 0 aromatic heterocycles. The summed E-state index contributed by atoms with van der Waals surface area (Å²) in [6.07, 6.45) is 2.17. The summed E-state index contributed by atoms with van der Waals surface area (Å²) in [5.74, 6) is -1.81. The van der Waals surface area contributed by atoms with Crippen LogP contribution in [-0.2, 0) is 9.59 Å². The van der Waals surface area contributed by atoms with E-state index in [2.05, 4.69) is 29.8 Å². The molecule has 45 heavy (non-hydrogen) atoms. The van der Waals surface area contributed by atoms with Crippen LogP contribution in [0.5, 0.6) is 0 Å². The molecule has 1 unspecified atom stereocenters. The number of benzene rings is 4. The van der Waals surface area contributed by atoms with E-state index in [1.807, 2.05) is 43.3 Å². The minimum atomic E-state index is -1.04. The van der Waals surface area contributed by atoms with Gasteiger partial charge in [-0.1, -0.05) is 69.3 Å². The molecule has 230 valence electrons. The lowest BCUT2D eigenvalue weighted by Crippen LogP contribution is -2.30. The number of hydrogen-bond donors (Lipinski definition) is 4. The van der Waals surface area contributed by atoms with Gasteiger partial charge in [0.25, 0.3) is 11.8 Å². The van der Waals surface area contributed by atoms with E-state index >= 15 is 0 Å². The van der Waals surface area contributed by atoms with Gasteiger partial charge in [-0.05, 0) is 84.1 Å². The SMILES string of the molecule is CCC(Sc1cccc(NC(=O)/C(=C\c2ccc(C(C)C)cc2)NC(=O)c2ccccc2)c1)C(=O)Nc1ccc(C(=O)O)cc1. The molecule has 0 aliphatic carbocycles. The van der Waals surface area contributed by atoms with Gasteiger partial charge in [-0.15, -0.1) is 11.8 Å². The van der Waals surface area contributed by atoms with Crippen LogP contribution in [0.2, 0.25) is 0 Å². The van der Waals surface area contributed by atoms with Gasteiger partial charge in [0.2, 0.25) is 5.91 Å². The number of carbonyl (C=O) groups is 4. The number of nitrogens with one attached hydrogen (secondary N) is 3. The van der Waals surface area contributed by atoms with Crippen LogP contribution >= 0.6 is 11.8 Å². The number of amides is 3. The van der Waals surface area contributed by atoms with Crippen LogP contribution in [0.25, 0.3) is 6.08 Å². The van der Waals surface area contributed by atoms with E-state index in [1.54, 1.807) is 60.7 Å². The van der Waals surface area contributed by atoms with Crippen LogP contribution in [-0.4, -0.2) is 34.0 Å². The first kappa shape index (κ1) is 32.8. The van der Waals surface area contributed by atoms with Gasteiger partial charge in [-0.25, -0.2) is 4.79 Å². The van der Waals surface area contributed by atoms with E-state index < -0.39 is 23.0 Å². The van der Waals surface area contributed by atoms with E-state index in [1.165, 1.54) is 23.9 Å². The summed E-state index contributed by atoms with van der Waals surface area (Å²) >= 11 is 1.35. The third kappa shape index (κ3) is 9.42. The highest BCUT2D eigenvalue weighted by Crippen LogP contribution is 2.29. The smallest absolute Gasteiger partial charge is 0.335 e. The molecule has 0 saturated carbocycles. The zero-order valence-electron chi connectivity index (χ0n) is 25.2. The van der Waals surface area contributed by atoms with Gasteiger partial charge < -0.3 is 21.1 Å². The van der Waals surface area contributed by atoms with Gasteiger partial charge in [0, 0.05) is 21.8 Å². The third-order valence-corrected chi connectivity index (χ3v) is 8.23. The van der Waals surface area contributed by atoms with Crippen LogP contribution in [0.1, 0.15) is 65.0 Å². The molecule has 4 N–H and O–H groups in total. The molecule has 0 aliphatic rings. The largest absolute Gasteiger partial charge is 0.478 e. The van der Waals surface area contributed by atoms with Crippen LogP contribution in [0, 0.1) is 0 Å². The maximum Gasteiger partial charge on any atom is 0.335 e. The molecule has 0 aliphatic heterocycles. The van der Waals surface area contributed by atoms with Crippen molar-refractivity contribution in [3.63, 3.8) is 0 Å². The van der Waals surface area contributed by atoms with Crippen LogP contribution in [0.3, 0.4) is 0 Å². The second-order valence-electron chi connectivity index (χ2n) is 10.6. The predicted octanol–water partition coefficient (Wildman–Crippen LogP) is 7.43. The number of thioether (sulfide) groups is 1. The molecule has 9 heteroatoms. The van der Waals surface area contributed by atoms with Gasteiger partial charge in [-0.2, -0.15) is 0 Å². The molecule has 0 fully saturated rings. The van der Waals surface area contributed by atoms with Crippen molar-refractivity contribution in [1.29, 1.82) is 0 Å². The van der Waals surface area contributed by atoms with E-state index in [9.17, 15) is 19.2 Å². The Morgan fingerprint density at radius 2 is 1.47 bits per heavy atom. The summed E-state index contributed by atoms with van der Waals surface area (Å²) in [5, 5.41) is 17.1. The number of aromatic carboxylic acids is 1. The highest BCUT2D eigenvalue weighted by Gasteiger charge is 2.20. The number of carboxylic acids is 1. The molecule has 0 spiro atoms. The second kappa shape index (κ2) is 15.5. The molecule has 4 aromatic carbocycles. The summed E-state index contributed by atoms with van der Waals surface area (Å²) in [6, 6.07) is 29.6. The van der Waals surface area contributed by atoms with Crippen molar-refractivity contribution in [2.75, 3.05) is 10.6 Å². The zero-order valence-corrected chi connectivity index (χ0v) is 26.1. The first-order valence-electron chi connectivity index (χ1n) is 14.5. The van der Waals surface area contributed by atoms with Crippen LogP contribution in [0.4, 0.5) is 11.4 Å². The summed E-state index contributed by atoms with van der Waals surface area (Å²) in [6.45, 7) is 6.11. The summed E-state index contributed by atoms with van der Waals surface area (Å²) in [5.41, 5.74) is 3.56. The number of rotatable bonds is 12. The van der Waals surface area contributed by atoms with Crippen molar-refractivity contribution in [2.24, 2.45) is 0 Å². The number of carbonyl (C=O) groups excluding carboxylic acids is 3. The molecule has 0 saturated heterocycles. The Morgan fingerprint density at radius 3 is 2.09 bits per heavy atom. The summed E-state index contributed by atoms with van der Waals surface area (Å²) in [4.78, 5) is 51.4. The Balaban J connectivity index is 1.49. The van der Waals surface area contributed by atoms with Crippen molar-refractivity contribution >= 4 is 52.9 Å². The minimum Gasteiger partial charge on any atom is -0.478 e. The minimum absolute atomic E-state index is 0.0823. The van der Waals surface area contributed by atoms with Gasteiger partial charge in [-0.3, -0.25) is 14.4 Å². The number of hydrogen-bond acceptors (Lipinski definition) is 5. The van der Waals surface area contributed by atoms with Crippen molar-refractivity contribution < 1.29 is 24.3 Å². The third-order valence-electron chi connectivity index (χ3n) is 6.88. The molecule has 0 radical (unpaired) electrons. The molecule has 4 rings (SSSR count). The first-order chi connectivity index (χ1) is 21.6. The van der Waals surface area contributed by atoms with E-state index in [0.717, 1.165) is 16.0 Å².